The molecule has 0 amide bonds. The van der Waals surface area contributed by atoms with Crippen molar-refractivity contribution in [2.45, 2.75) is 110 Å². The van der Waals surface area contributed by atoms with E-state index >= 15 is 0 Å². The Morgan fingerprint density at radius 1 is 1.07 bits per heavy atom. The molecule has 5 aliphatic carbocycles. The van der Waals surface area contributed by atoms with Gasteiger partial charge >= 0.3 is 12.1 Å². The van der Waals surface area contributed by atoms with Crippen molar-refractivity contribution < 1.29 is 38.5 Å². The van der Waals surface area contributed by atoms with Crippen LogP contribution >= 0.6 is 0 Å². The van der Waals surface area contributed by atoms with Gasteiger partial charge < -0.3 is 19.3 Å². The van der Waals surface area contributed by atoms with E-state index < -0.39 is 47.0 Å². The Hall–Kier alpha value is -2.48. The normalized spacial score (nSPS) is 37.5. The fourth-order valence-electron chi connectivity index (χ4n) is 9.36. The average Bonchev–Trinajstić information content (AvgIpc) is 3.56. The van der Waals surface area contributed by atoms with E-state index in [0.29, 0.717) is 12.3 Å². The van der Waals surface area contributed by atoms with Crippen molar-refractivity contribution >= 4 is 23.7 Å². The summed E-state index contributed by atoms with van der Waals surface area (Å²) >= 11 is 0. The van der Waals surface area contributed by atoms with Crippen LogP contribution in [0.4, 0.5) is 4.79 Å². The van der Waals surface area contributed by atoms with Crippen LogP contribution in [0.2, 0.25) is 0 Å². The second kappa shape index (κ2) is 11.9. The molecule has 4 fully saturated rings. The molecular weight excluding hydrogens is 536 g/mol. The van der Waals surface area contributed by atoms with E-state index in [1.807, 2.05) is 26.8 Å². The quantitative estimate of drug-likeness (QED) is 0.333. The van der Waals surface area contributed by atoms with Gasteiger partial charge in [0.05, 0.1) is 12.7 Å². The van der Waals surface area contributed by atoms with E-state index in [1.54, 1.807) is 12.2 Å². The number of hydrogen-bond acceptors (Lipinski definition) is 8. The van der Waals surface area contributed by atoms with Crippen LogP contribution in [0.15, 0.2) is 23.8 Å². The van der Waals surface area contributed by atoms with Crippen molar-refractivity contribution in [2.24, 2.45) is 40.4 Å². The van der Waals surface area contributed by atoms with Gasteiger partial charge in [-0.05, 0) is 74.3 Å². The summed E-state index contributed by atoms with van der Waals surface area (Å²) in [5.74, 6) is -0.300. The predicted molar refractivity (Wildman–Crippen MR) is 155 cm³/mol. The maximum atomic E-state index is 14.1. The van der Waals surface area contributed by atoms with Crippen LogP contribution in [0.3, 0.4) is 0 Å². The Kier molecular flexibility index (Phi) is 8.77. The topological polar surface area (TPSA) is 116 Å². The maximum absolute atomic E-state index is 14.1. The van der Waals surface area contributed by atoms with Crippen LogP contribution in [-0.2, 0) is 28.6 Å². The van der Waals surface area contributed by atoms with E-state index in [1.165, 1.54) is 12.8 Å². The monoisotopic (exact) mass is 584 g/mol. The summed E-state index contributed by atoms with van der Waals surface area (Å²) in [6.45, 7) is 7.58. The number of fused-ring (bicyclic) bond motifs is 5. The number of ketones is 2. The van der Waals surface area contributed by atoms with Gasteiger partial charge in [-0.1, -0.05) is 65.0 Å². The van der Waals surface area contributed by atoms with Crippen molar-refractivity contribution in [3.8, 4) is 0 Å². The van der Waals surface area contributed by atoms with E-state index in [-0.39, 0.29) is 55.3 Å². The van der Waals surface area contributed by atoms with E-state index in [4.69, 9.17) is 14.2 Å². The van der Waals surface area contributed by atoms with Crippen molar-refractivity contribution in [1.82, 2.24) is 0 Å². The summed E-state index contributed by atoms with van der Waals surface area (Å²) in [5.41, 5.74) is -1.83. The van der Waals surface area contributed by atoms with E-state index in [2.05, 4.69) is 6.92 Å². The zero-order chi connectivity index (χ0) is 30.3. The van der Waals surface area contributed by atoms with Crippen molar-refractivity contribution in [3.63, 3.8) is 0 Å². The molecule has 4 saturated carbocycles. The zero-order valence-electron chi connectivity index (χ0n) is 25.7. The first-order valence-electron chi connectivity index (χ1n) is 16.1. The van der Waals surface area contributed by atoms with Crippen LogP contribution in [0.5, 0.6) is 0 Å². The van der Waals surface area contributed by atoms with E-state index in [9.17, 15) is 24.3 Å². The highest BCUT2D eigenvalue weighted by Gasteiger charge is 2.70. The molecule has 5 rings (SSSR count). The third-order valence-corrected chi connectivity index (χ3v) is 11.5. The summed E-state index contributed by atoms with van der Waals surface area (Å²) in [4.78, 5) is 51.9. The van der Waals surface area contributed by atoms with Crippen LogP contribution in [-0.4, -0.2) is 53.7 Å². The first kappa shape index (κ1) is 31.0. The SMILES string of the molecule is CC(C)COC(=O)O[C@]1(C(=O)COC(=O)CCC2CCCC2)CC[C@H]2[C@@H]3CCC4=CC(=O)C=C[C@]4(C)[C@H]3C(O)C[C@@]21C. The van der Waals surface area contributed by atoms with Gasteiger partial charge in [-0.2, -0.15) is 0 Å². The average molecular weight is 585 g/mol. The number of aliphatic hydroxyl groups is 1. The Morgan fingerprint density at radius 3 is 2.52 bits per heavy atom. The molecule has 0 heterocycles. The maximum Gasteiger partial charge on any atom is 0.509 e. The fourth-order valence-corrected chi connectivity index (χ4v) is 9.36. The van der Waals surface area contributed by atoms with Gasteiger partial charge in [-0.3, -0.25) is 14.4 Å². The van der Waals surface area contributed by atoms with Gasteiger partial charge in [0, 0.05) is 23.2 Å². The van der Waals surface area contributed by atoms with E-state index in [0.717, 1.165) is 37.7 Å². The molecule has 1 unspecified atom stereocenters. The largest absolute Gasteiger partial charge is 0.509 e. The molecule has 0 aromatic heterocycles. The molecule has 42 heavy (non-hydrogen) atoms. The van der Waals surface area contributed by atoms with Gasteiger partial charge in [0.15, 0.2) is 18.0 Å². The number of aliphatic hydroxyl groups excluding tert-OH is 1. The molecule has 0 radical (unpaired) electrons. The summed E-state index contributed by atoms with van der Waals surface area (Å²) in [6.07, 6.45) is 12.0. The molecule has 0 aromatic carbocycles. The second-order valence-corrected chi connectivity index (χ2v) is 14.4. The smallest absolute Gasteiger partial charge is 0.457 e. The molecule has 1 N–H and O–H groups in total. The number of allylic oxidation sites excluding steroid dienone is 4. The van der Waals surface area contributed by atoms with Gasteiger partial charge in [-0.25, -0.2) is 4.79 Å². The Labute approximate surface area is 249 Å². The van der Waals surface area contributed by atoms with Gasteiger partial charge in [0.2, 0.25) is 5.78 Å². The highest BCUT2D eigenvalue weighted by molar-refractivity contribution is 6.01. The molecular formula is C34H48O8. The lowest BCUT2D eigenvalue weighted by Crippen LogP contribution is -2.63. The van der Waals surface area contributed by atoms with Gasteiger partial charge in [-0.15, -0.1) is 0 Å². The minimum absolute atomic E-state index is 0.00443. The molecule has 0 aliphatic heterocycles. The van der Waals surface area contributed by atoms with Crippen LogP contribution in [0.25, 0.3) is 0 Å². The van der Waals surface area contributed by atoms with Gasteiger partial charge in [0.1, 0.15) is 0 Å². The van der Waals surface area contributed by atoms with Crippen LogP contribution in [0, 0.1) is 40.4 Å². The third kappa shape index (κ3) is 5.48. The Balaban J connectivity index is 1.38. The number of carbonyl (C=O) groups excluding carboxylic acids is 4. The summed E-state index contributed by atoms with van der Waals surface area (Å²) in [6, 6.07) is 0. The van der Waals surface area contributed by atoms with Crippen molar-refractivity contribution in [2.75, 3.05) is 13.2 Å². The third-order valence-electron chi connectivity index (χ3n) is 11.5. The number of hydrogen-bond donors (Lipinski definition) is 1. The molecule has 0 bridgehead atoms. The molecule has 232 valence electrons. The second-order valence-electron chi connectivity index (χ2n) is 14.4. The number of ether oxygens (including phenoxy) is 3. The number of esters is 1. The first-order valence-corrected chi connectivity index (χ1v) is 16.1. The standard InChI is InChI=1S/C34H48O8/c1-21(2)19-41-31(39)42-34(28(37)20-40-29(38)12-9-22-7-5-6-8-22)16-14-26-25-11-10-23-17-24(35)13-15-32(23,3)30(25)27(36)18-33(26,34)4/h13,15,17,21-22,25-27,30,36H,5-12,14,16,18-20H2,1-4H3/t25-,26-,27?,30+,32-,33-,34-/m0/s1. The summed E-state index contributed by atoms with van der Waals surface area (Å²) in [7, 11) is 0. The zero-order valence-corrected chi connectivity index (χ0v) is 25.7. The molecule has 8 heteroatoms. The molecule has 7 atom stereocenters. The minimum atomic E-state index is -1.57. The Bertz CT molecular complexity index is 1150. The molecule has 0 saturated heterocycles. The minimum Gasteiger partial charge on any atom is -0.457 e. The Morgan fingerprint density at radius 2 is 1.81 bits per heavy atom. The highest BCUT2D eigenvalue weighted by atomic mass is 16.7. The number of carbonyl (C=O) groups is 4. The summed E-state index contributed by atoms with van der Waals surface area (Å²) < 4.78 is 16.9. The number of Topliss-reactive ketones (excluding diaryl/α,β-unsaturated/α-hetero) is 1. The highest BCUT2D eigenvalue weighted by Crippen LogP contribution is 2.68. The van der Waals surface area contributed by atoms with Crippen molar-refractivity contribution in [3.05, 3.63) is 23.8 Å². The van der Waals surface area contributed by atoms with Crippen LogP contribution < -0.4 is 0 Å². The summed E-state index contributed by atoms with van der Waals surface area (Å²) in [5, 5.41) is 11.8. The number of rotatable bonds is 9. The van der Waals surface area contributed by atoms with Crippen LogP contribution in [0.1, 0.15) is 98.3 Å². The fraction of sp³-hybridized carbons (Fsp3) is 0.765. The van der Waals surface area contributed by atoms with Gasteiger partial charge in [0.25, 0.3) is 0 Å². The molecule has 0 spiro atoms. The lowest BCUT2D eigenvalue weighted by Gasteiger charge is -2.59. The lowest BCUT2D eigenvalue weighted by molar-refractivity contribution is -0.186. The first-order chi connectivity index (χ1) is 19.9. The lowest BCUT2D eigenvalue weighted by atomic mass is 9.46. The predicted octanol–water partition coefficient (Wildman–Crippen LogP) is 5.90. The van der Waals surface area contributed by atoms with Crippen molar-refractivity contribution in [1.29, 1.82) is 0 Å². The molecule has 8 nitrogen and oxygen atoms in total. The molecule has 5 aliphatic rings. The molecule has 0 aromatic rings.